The lowest BCUT2D eigenvalue weighted by Gasteiger charge is -2.22. The number of nitrogens with one attached hydrogen (secondary N) is 1. The van der Waals surface area contributed by atoms with Crippen molar-refractivity contribution in [2.45, 2.75) is 37.0 Å². The lowest BCUT2D eigenvalue weighted by atomic mass is 9.87. The van der Waals surface area contributed by atoms with Crippen LogP contribution in [0.15, 0.2) is 23.1 Å². The molecule has 1 aromatic carbocycles. The summed E-state index contributed by atoms with van der Waals surface area (Å²) in [6.07, 6.45) is 5.35. The highest BCUT2D eigenvalue weighted by molar-refractivity contribution is 7.89. The molecular weight excluding hydrogens is 320 g/mol. The third-order valence-corrected chi connectivity index (χ3v) is 7.28. The second kappa shape index (κ2) is 5.78. The van der Waals surface area contributed by atoms with Gasteiger partial charge in [-0.2, -0.15) is 4.31 Å². The quantitative estimate of drug-likeness (QED) is 0.894. The first-order chi connectivity index (χ1) is 10.1. The largest absolute Gasteiger partial charge is 0.316 e. The van der Waals surface area contributed by atoms with Gasteiger partial charge in [0.1, 0.15) is 0 Å². The second-order valence-electron chi connectivity index (χ2n) is 6.80. The van der Waals surface area contributed by atoms with Crippen LogP contribution in [0.5, 0.6) is 0 Å². The van der Waals surface area contributed by atoms with E-state index in [0.717, 1.165) is 45.2 Å². The maximum absolute atomic E-state index is 12.9. The standard InChI is InChI=1S/C16H22N2O2S.ClH/c19-21(20,15-5-4-13-2-1-3-14(13)10-15)18-9-7-16(12-18)6-8-17-11-16;/h4-5,10,17H,1-3,6-9,11-12H2;1H. The van der Waals surface area contributed by atoms with Crippen LogP contribution in [0, 0.1) is 5.41 Å². The van der Waals surface area contributed by atoms with Crippen LogP contribution in [0.25, 0.3) is 0 Å². The molecule has 1 N–H and O–H groups in total. The minimum atomic E-state index is -3.32. The monoisotopic (exact) mass is 342 g/mol. The maximum Gasteiger partial charge on any atom is 0.243 e. The Morgan fingerprint density at radius 2 is 1.95 bits per heavy atom. The molecule has 6 heteroatoms. The molecule has 2 aliphatic heterocycles. The molecule has 0 amide bonds. The highest BCUT2D eigenvalue weighted by Crippen LogP contribution is 2.38. The molecule has 1 spiro atoms. The molecule has 1 aromatic rings. The Balaban J connectivity index is 0.00000144. The van der Waals surface area contributed by atoms with Crippen LogP contribution in [0.4, 0.5) is 0 Å². The molecule has 4 nitrogen and oxygen atoms in total. The van der Waals surface area contributed by atoms with Gasteiger partial charge in [-0.15, -0.1) is 12.4 Å². The van der Waals surface area contributed by atoms with Gasteiger partial charge >= 0.3 is 0 Å². The van der Waals surface area contributed by atoms with Crippen molar-refractivity contribution in [1.29, 1.82) is 0 Å². The second-order valence-corrected chi connectivity index (χ2v) is 8.74. The minimum absolute atomic E-state index is 0. The van der Waals surface area contributed by atoms with Crippen molar-refractivity contribution in [3.63, 3.8) is 0 Å². The summed E-state index contributed by atoms with van der Waals surface area (Å²) < 4.78 is 27.5. The van der Waals surface area contributed by atoms with Crippen LogP contribution in [0.2, 0.25) is 0 Å². The van der Waals surface area contributed by atoms with E-state index >= 15 is 0 Å². The van der Waals surface area contributed by atoms with Crippen LogP contribution in [0.3, 0.4) is 0 Å². The van der Waals surface area contributed by atoms with Crippen molar-refractivity contribution in [3.8, 4) is 0 Å². The topological polar surface area (TPSA) is 49.4 Å². The summed E-state index contributed by atoms with van der Waals surface area (Å²) in [6.45, 7) is 3.33. The van der Waals surface area contributed by atoms with Crippen LogP contribution >= 0.6 is 12.4 Å². The maximum atomic E-state index is 12.9. The van der Waals surface area contributed by atoms with Crippen molar-refractivity contribution in [3.05, 3.63) is 29.3 Å². The van der Waals surface area contributed by atoms with Crippen LogP contribution < -0.4 is 5.32 Å². The molecule has 0 aromatic heterocycles. The van der Waals surface area contributed by atoms with Crippen LogP contribution in [-0.4, -0.2) is 38.9 Å². The molecule has 0 bridgehead atoms. The van der Waals surface area contributed by atoms with Crippen molar-refractivity contribution in [1.82, 2.24) is 9.62 Å². The summed E-state index contributed by atoms with van der Waals surface area (Å²) >= 11 is 0. The summed E-state index contributed by atoms with van der Waals surface area (Å²) in [6, 6.07) is 5.73. The van der Waals surface area contributed by atoms with Crippen molar-refractivity contribution in [2.24, 2.45) is 5.41 Å². The molecule has 2 fully saturated rings. The van der Waals surface area contributed by atoms with Crippen molar-refractivity contribution >= 4 is 22.4 Å². The number of hydrogen-bond donors (Lipinski definition) is 1. The number of nitrogens with zero attached hydrogens (tertiary/aromatic N) is 1. The predicted molar refractivity (Wildman–Crippen MR) is 89.0 cm³/mol. The van der Waals surface area contributed by atoms with E-state index in [9.17, 15) is 8.42 Å². The van der Waals surface area contributed by atoms with E-state index < -0.39 is 10.0 Å². The van der Waals surface area contributed by atoms with E-state index in [0.29, 0.717) is 18.0 Å². The Bertz CT molecular complexity index is 669. The van der Waals surface area contributed by atoms with Crippen LogP contribution in [-0.2, 0) is 22.9 Å². The molecular formula is C16H23ClN2O2S. The Kier molecular flexibility index (Phi) is 4.27. The van der Waals surface area contributed by atoms with Crippen LogP contribution in [0.1, 0.15) is 30.4 Å². The van der Waals surface area contributed by atoms with Gasteiger partial charge in [-0.1, -0.05) is 6.07 Å². The van der Waals surface area contributed by atoms with Gasteiger partial charge in [0.2, 0.25) is 10.0 Å². The molecule has 1 atom stereocenters. The summed E-state index contributed by atoms with van der Waals surface area (Å²) in [5.74, 6) is 0. The van der Waals surface area contributed by atoms with Crippen molar-refractivity contribution in [2.75, 3.05) is 26.2 Å². The molecule has 2 saturated heterocycles. The molecule has 122 valence electrons. The minimum Gasteiger partial charge on any atom is -0.316 e. The predicted octanol–water partition coefficient (Wildman–Crippen LogP) is 1.97. The van der Waals surface area contributed by atoms with Gasteiger partial charge in [-0.25, -0.2) is 8.42 Å². The van der Waals surface area contributed by atoms with Gasteiger partial charge in [0, 0.05) is 19.6 Å². The van der Waals surface area contributed by atoms with E-state index in [2.05, 4.69) is 5.32 Å². The average Bonchev–Trinajstić information content (AvgIpc) is 3.20. The fraction of sp³-hybridized carbons (Fsp3) is 0.625. The number of sulfonamides is 1. The Labute approximate surface area is 138 Å². The van der Waals surface area contributed by atoms with Gasteiger partial charge in [0.05, 0.1) is 4.90 Å². The lowest BCUT2D eigenvalue weighted by Crippen LogP contribution is -2.33. The number of halogens is 1. The van der Waals surface area contributed by atoms with E-state index in [4.69, 9.17) is 0 Å². The highest BCUT2D eigenvalue weighted by atomic mass is 35.5. The highest BCUT2D eigenvalue weighted by Gasteiger charge is 2.44. The smallest absolute Gasteiger partial charge is 0.243 e. The number of aryl methyl sites for hydroxylation is 2. The third-order valence-electron chi connectivity index (χ3n) is 5.44. The summed E-state index contributed by atoms with van der Waals surface area (Å²) in [5.41, 5.74) is 2.74. The first-order valence-corrected chi connectivity index (χ1v) is 9.36. The molecule has 4 rings (SSSR count). The Morgan fingerprint density at radius 3 is 2.73 bits per heavy atom. The lowest BCUT2D eigenvalue weighted by molar-refractivity contribution is 0.338. The van der Waals surface area contributed by atoms with E-state index in [1.165, 1.54) is 11.1 Å². The molecule has 22 heavy (non-hydrogen) atoms. The fourth-order valence-electron chi connectivity index (χ4n) is 4.10. The molecule has 1 unspecified atom stereocenters. The van der Waals surface area contributed by atoms with Gasteiger partial charge in [-0.05, 0) is 67.3 Å². The zero-order chi connectivity index (χ0) is 14.5. The SMILES string of the molecule is Cl.O=S(=O)(c1ccc2c(c1)CCC2)N1CCC2(CCNC2)C1. The Morgan fingerprint density at radius 1 is 1.14 bits per heavy atom. The van der Waals surface area contributed by atoms with Gasteiger partial charge < -0.3 is 5.32 Å². The van der Waals surface area contributed by atoms with Gasteiger partial charge in [0.25, 0.3) is 0 Å². The summed E-state index contributed by atoms with van der Waals surface area (Å²) in [4.78, 5) is 0.492. The molecule has 1 aliphatic carbocycles. The summed E-state index contributed by atoms with van der Waals surface area (Å²) in [5, 5.41) is 3.38. The number of fused-ring (bicyclic) bond motifs is 1. The van der Waals surface area contributed by atoms with E-state index in [-0.39, 0.29) is 17.8 Å². The first kappa shape index (κ1) is 16.2. The van der Waals surface area contributed by atoms with Gasteiger partial charge in [0.15, 0.2) is 0 Å². The fourth-order valence-corrected chi connectivity index (χ4v) is 5.71. The third kappa shape index (κ3) is 2.58. The normalized spacial score (nSPS) is 28.0. The number of benzene rings is 1. The molecule has 0 saturated carbocycles. The number of rotatable bonds is 2. The zero-order valence-electron chi connectivity index (χ0n) is 12.7. The van der Waals surface area contributed by atoms with Gasteiger partial charge in [-0.3, -0.25) is 0 Å². The average molecular weight is 343 g/mol. The van der Waals surface area contributed by atoms with Crippen molar-refractivity contribution < 1.29 is 8.42 Å². The molecule has 2 heterocycles. The first-order valence-electron chi connectivity index (χ1n) is 7.92. The number of hydrogen-bond acceptors (Lipinski definition) is 3. The van der Waals surface area contributed by atoms with E-state index in [1.807, 2.05) is 12.1 Å². The molecule has 3 aliphatic rings. The Hall–Kier alpha value is -0.620. The molecule has 0 radical (unpaired) electrons. The summed E-state index contributed by atoms with van der Waals surface area (Å²) in [7, 11) is -3.32. The van der Waals surface area contributed by atoms with E-state index in [1.54, 1.807) is 10.4 Å². The zero-order valence-corrected chi connectivity index (χ0v) is 14.3.